The average Bonchev–Trinajstić information content (AvgIpc) is 3.08. The molecule has 0 saturated carbocycles. The fourth-order valence-electron chi connectivity index (χ4n) is 3.61. The van der Waals surface area contributed by atoms with Crippen LogP contribution in [0.2, 0.25) is 0 Å². The number of halogens is 2. The number of rotatable bonds is 7. The van der Waals surface area contributed by atoms with Crippen molar-refractivity contribution >= 4 is 27.3 Å². The monoisotopic (exact) mass is 496 g/mol. The second kappa shape index (κ2) is 9.67. The van der Waals surface area contributed by atoms with Crippen LogP contribution < -0.4 is 10.0 Å². The lowest BCUT2D eigenvalue weighted by Crippen LogP contribution is -2.16. The lowest BCUT2D eigenvalue weighted by atomic mass is 10.1. The van der Waals surface area contributed by atoms with Crippen LogP contribution in [-0.2, 0) is 21.2 Å². The molecule has 7 nitrogen and oxygen atoms in total. The van der Waals surface area contributed by atoms with E-state index in [1.807, 2.05) is 6.92 Å². The Morgan fingerprint density at radius 3 is 2.26 bits per heavy atom. The molecule has 180 valence electrons. The number of nitrogens with zero attached hydrogens (tertiary/aromatic N) is 2. The van der Waals surface area contributed by atoms with Crippen molar-refractivity contribution in [2.75, 3.05) is 10.0 Å². The molecular weight excluding hydrogens is 474 g/mol. The van der Waals surface area contributed by atoms with Gasteiger partial charge >= 0.3 is 0 Å². The Balaban J connectivity index is 1.44. The first kappa shape index (κ1) is 24.1. The van der Waals surface area contributed by atoms with Crippen LogP contribution in [0.5, 0.6) is 0 Å². The number of benzene rings is 3. The Morgan fingerprint density at radius 2 is 1.60 bits per heavy atom. The highest BCUT2D eigenvalue weighted by atomic mass is 32.2. The summed E-state index contributed by atoms with van der Waals surface area (Å²) in [5.74, 6) is -1.21. The zero-order valence-corrected chi connectivity index (χ0v) is 19.7. The molecule has 1 amide bonds. The summed E-state index contributed by atoms with van der Waals surface area (Å²) in [4.78, 5) is 12.6. The summed E-state index contributed by atoms with van der Waals surface area (Å²) in [6.45, 7) is 3.62. The van der Waals surface area contributed by atoms with Crippen molar-refractivity contribution in [1.29, 1.82) is 0 Å². The summed E-state index contributed by atoms with van der Waals surface area (Å²) in [6, 6.07) is 16.7. The van der Waals surface area contributed by atoms with Gasteiger partial charge in [0, 0.05) is 16.9 Å². The standard InChI is InChI=1S/C25H22F2N4O3S/c1-16-24(17(2)31(29-16)22-10-6-18(26)7-11-22)15-25(32)28-20-8-12-23(13-9-20)35(33,34)30-21-5-3-4-19(27)14-21/h3-14,30H,15H2,1-2H3,(H,28,32). The number of hydrogen-bond acceptors (Lipinski definition) is 4. The molecule has 4 rings (SSSR count). The maximum Gasteiger partial charge on any atom is 0.261 e. The van der Waals surface area contributed by atoms with Gasteiger partial charge < -0.3 is 5.32 Å². The first-order valence-corrected chi connectivity index (χ1v) is 12.1. The maximum atomic E-state index is 13.3. The molecule has 35 heavy (non-hydrogen) atoms. The third-order valence-electron chi connectivity index (χ3n) is 5.37. The van der Waals surface area contributed by atoms with Crippen molar-refractivity contribution in [2.45, 2.75) is 25.2 Å². The Hall–Kier alpha value is -4.05. The Kier molecular flexibility index (Phi) is 6.65. The van der Waals surface area contributed by atoms with E-state index in [2.05, 4.69) is 15.1 Å². The fraction of sp³-hybridized carbons (Fsp3) is 0.120. The van der Waals surface area contributed by atoms with Gasteiger partial charge in [-0.05, 0) is 80.6 Å². The molecule has 0 fully saturated rings. The first-order valence-electron chi connectivity index (χ1n) is 10.6. The number of carbonyl (C=O) groups is 1. The van der Waals surface area contributed by atoms with E-state index in [0.29, 0.717) is 17.1 Å². The van der Waals surface area contributed by atoms with Crippen molar-refractivity contribution in [3.8, 4) is 5.69 Å². The Morgan fingerprint density at radius 1 is 0.914 bits per heavy atom. The molecule has 4 aromatic rings. The van der Waals surface area contributed by atoms with Gasteiger partial charge in [0.2, 0.25) is 5.91 Å². The SMILES string of the molecule is Cc1nn(-c2ccc(F)cc2)c(C)c1CC(=O)Nc1ccc(S(=O)(=O)Nc2cccc(F)c2)cc1. The number of sulfonamides is 1. The quantitative estimate of drug-likeness (QED) is 0.386. The van der Waals surface area contributed by atoms with E-state index < -0.39 is 15.8 Å². The van der Waals surface area contributed by atoms with Gasteiger partial charge in [0.15, 0.2) is 0 Å². The van der Waals surface area contributed by atoms with E-state index >= 15 is 0 Å². The van der Waals surface area contributed by atoms with E-state index in [1.54, 1.807) is 23.7 Å². The average molecular weight is 497 g/mol. The molecule has 0 unspecified atom stereocenters. The summed E-state index contributed by atoms with van der Waals surface area (Å²) in [7, 11) is -3.93. The fourth-order valence-corrected chi connectivity index (χ4v) is 4.66. The van der Waals surface area contributed by atoms with Gasteiger partial charge in [-0.3, -0.25) is 9.52 Å². The molecule has 0 radical (unpaired) electrons. The molecule has 0 bridgehead atoms. The number of aryl methyl sites for hydroxylation is 1. The van der Waals surface area contributed by atoms with Gasteiger partial charge in [-0.2, -0.15) is 5.10 Å². The lowest BCUT2D eigenvalue weighted by molar-refractivity contribution is -0.115. The molecule has 0 aliphatic carbocycles. The van der Waals surface area contributed by atoms with Crippen LogP contribution >= 0.6 is 0 Å². The summed E-state index contributed by atoms with van der Waals surface area (Å²) >= 11 is 0. The maximum absolute atomic E-state index is 13.3. The summed E-state index contributed by atoms with van der Waals surface area (Å²) in [5, 5.41) is 7.21. The molecule has 2 N–H and O–H groups in total. The largest absolute Gasteiger partial charge is 0.326 e. The second-order valence-corrected chi connectivity index (χ2v) is 9.59. The van der Waals surface area contributed by atoms with Crippen molar-refractivity contribution in [3.05, 3.63) is 101 Å². The zero-order chi connectivity index (χ0) is 25.2. The van der Waals surface area contributed by atoms with E-state index in [0.717, 1.165) is 17.3 Å². The highest BCUT2D eigenvalue weighted by Crippen LogP contribution is 2.21. The summed E-state index contributed by atoms with van der Waals surface area (Å²) in [6.07, 6.45) is 0.0556. The van der Waals surface area contributed by atoms with Gasteiger partial charge in [-0.1, -0.05) is 6.07 Å². The zero-order valence-electron chi connectivity index (χ0n) is 18.9. The van der Waals surface area contributed by atoms with Gasteiger partial charge in [-0.25, -0.2) is 21.9 Å². The Bertz CT molecular complexity index is 1480. The summed E-state index contributed by atoms with van der Waals surface area (Å²) < 4.78 is 55.6. The number of amides is 1. The van der Waals surface area contributed by atoms with E-state index in [1.165, 1.54) is 54.6 Å². The van der Waals surface area contributed by atoms with Crippen LogP contribution in [0.25, 0.3) is 5.69 Å². The number of hydrogen-bond donors (Lipinski definition) is 2. The second-order valence-electron chi connectivity index (χ2n) is 7.90. The number of anilines is 2. The molecule has 0 aliphatic heterocycles. The number of aromatic nitrogens is 2. The highest BCUT2D eigenvalue weighted by Gasteiger charge is 2.18. The van der Waals surface area contributed by atoms with Gasteiger partial charge in [-0.15, -0.1) is 0 Å². The molecule has 3 aromatic carbocycles. The van der Waals surface area contributed by atoms with Crippen molar-refractivity contribution in [1.82, 2.24) is 9.78 Å². The van der Waals surface area contributed by atoms with E-state index in [-0.39, 0.29) is 28.7 Å². The first-order chi connectivity index (χ1) is 16.6. The molecule has 10 heteroatoms. The molecular formula is C25H22F2N4O3S. The number of carbonyl (C=O) groups excluding carboxylic acids is 1. The third kappa shape index (κ3) is 5.55. The molecule has 0 saturated heterocycles. The third-order valence-corrected chi connectivity index (χ3v) is 6.77. The van der Waals surface area contributed by atoms with Crippen LogP contribution in [0.15, 0.2) is 77.7 Å². The van der Waals surface area contributed by atoms with Crippen molar-refractivity contribution in [3.63, 3.8) is 0 Å². The predicted octanol–water partition coefficient (Wildman–Crippen LogP) is 4.75. The van der Waals surface area contributed by atoms with Crippen LogP contribution in [0.4, 0.5) is 20.2 Å². The Labute approximate surface area is 201 Å². The normalized spacial score (nSPS) is 11.3. The van der Waals surface area contributed by atoms with Crippen molar-refractivity contribution < 1.29 is 22.0 Å². The molecule has 0 spiro atoms. The van der Waals surface area contributed by atoms with Crippen molar-refractivity contribution in [2.24, 2.45) is 0 Å². The van der Waals surface area contributed by atoms with Crippen LogP contribution in [0.1, 0.15) is 17.0 Å². The van der Waals surface area contributed by atoms with Gasteiger partial charge in [0.05, 0.1) is 28.4 Å². The summed E-state index contributed by atoms with van der Waals surface area (Å²) in [5.41, 5.74) is 3.38. The minimum absolute atomic E-state index is 0.0352. The highest BCUT2D eigenvalue weighted by molar-refractivity contribution is 7.92. The van der Waals surface area contributed by atoms with E-state index in [4.69, 9.17) is 0 Å². The minimum atomic E-state index is -3.93. The van der Waals surface area contributed by atoms with Crippen LogP contribution in [0, 0.1) is 25.5 Å². The molecule has 1 aromatic heterocycles. The smallest absolute Gasteiger partial charge is 0.261 e. The van der Waals surface area contributed by atoms with Crippen LogP contribution in [0.3, 0.4) is 0 Å². The van der Waals surface area contributed by atoms with Crippen LogP contribution in [-0.4, -0.2) is 24.1 Å². The molecule has 1 heterocycles. The number of nitrogens with one attached hydrogen (secondary N) is 2. The molecule has 0 aliphatic rings. The van der Waals surface area contributed by atoms with Gasteiger partial charge in [0.1, 0.15) is 11.6 Å². The topological polar surface area (TPSA) is 93.1 Å². The molecule has 0 atom stereocenters. The lowest BCUT2D eigenvalue weighted by Gasteiger charge is -2.10. The minimum Gasteiger partial charge on any atom is -0.326 e. The predicted molar refractivity (Wildman–Crippen MR) is 129 cm³/mol. The van der Waals surface area contributed by atoms with E-state index in [9.17, 15) is 22.0 Å². The van der Waals surface area contributed by atoms with Gasteiger partial charge in [0.25, 0.3) is 10.0 Å².